The maximum atomic E-state index is 12.5. The van der Waals surface area contributed by atoms with Crippen LogP contribution in [-0.4, -0.2) is 40.1 Å². The van der Waals surface area contributed by atoms with Crippen LogP contribution in [0.15, 0.2) is 0 Å². The maximum absolute atomic E-state index is 12.5. The van der Waals surface area contributed by atoms with Gasteiger partial charge in [0.25, 0.3) is 5.91 Å². The van der Waals surface area contributed by atoms with E-state index in [4.69, 9.17) is 5.11 Å². The third-order valence-electron chi connectivity index (χ3n) is 3.43. The summed E-state index contributed by atoms with van der Waals surface area (Å²) in [5, 5.41) is 9.89. The molecule has 0 atom stereocenters. The van der Waals surface area contributed by atoms with E-state index in [0.717, 1.165) is 28.4 Å². The molecule has 1 aromatic rings. The van der Waals surface area contributed by atoms with Crippen molar-refractivity contribution in [3.8, 4) is 0 Å². The molecule has 1 heterocycles. The Labute approximate surface area is 112 Å². The van der Waals surface area contributed by atoms with Crippen LogP contribution in [0.2, 0.25) is 0 Å². The Morgan fingerprint density at radius 3 is 2.67 bits per heavy atom. The lowest BCUT2D eigenvalue weighted by atomic mass is 9.91. The average Bonchev–Trinajstić information content (AvgIpc) is 2.60. The van der Waals surface area contributed by atoms with Crippen LogP contribution in [0.1, 0.15) is 46.1 Å². The van der Waals surface area contributed by atoms with Crippen LogP contribution in [0, 0.1) is 13.8 Å². The van der Waals surface area contributed by atoms with Gasteiger partial charge in [0.05, 0.1) is 10.7 Å². The van der Waals surface area contributed by atoms with Gasteiger partial charge in [0, 0.05) is 19.2 Å². The zero-order valence-corrected chi connectivity index (χ0v) is 11.8. The van der Waals surface area contributed by atoms with Gasteiger partial charge in [-0.1, -0.05) is 0 Å². The largest absolute Gasteiger partial charge is 0.396 e. The lowest BCUT2D eigenvalue weighted by Crippen LogP contribution is -2.44. The first kappa shape index (κ1) is 13.5. The summed E-state index contributed by atoms with van der Waals surface area (Å²) in [5.74, 6) is 0.0938. The first-order chi connectivity index (χ1) is 8.63. The van der Waals surface area contributed by atoms with Crippen molar-refractivity contribution in [3.63, 3.8) is 0 Å². The van der Waals surface area contributed by atoms with E-state index in [1.165, 1.54) is 17.8 Å². The molecule has 100 valence electrons. The van der Waals surface area contributed by atoms with Gasteiger partial charge in [-0.2, -0.15) is 0 Å². The van der Waals surface area contributed by atoms with E-state index in [2.05, 4.69) is 4.98 Å². The number of aliphatic hydroxyl groups is 1. The Bertz CT molecular complexity index is 427. The smallest absolute Gasteiger partial charge is 0.266 e. The predicted molar refractivity (Wildman–Crippen MR) is 72.0 cm³/mol. The molecule has 1 saturated carbocycles. The summed E-state index contributed by atoms with van der Waals surface area (Å²) >= 11 is 1.47. The average molecular weight is 268 g/mol. The predicted octanol–water partition coefficient (Wildman–Crippen LogP) is 2.14. The molecular weight excluding hydrogens is 248 g/mol. The van der Waals surface area contributed by atoms with Crippen LogP contribution in [0.25, 0.3) is 0 Å². The van der Waals surface area contributed by atoms with Crippen molar-refractivity contribution in [2.75, 3.05) is 13.2 Å². The highest BCUT2D eigenvalue weighted by atomic mass is 32.1. The van der Waals surface area contributed by atoms with Crippen molar-refractivity contribution in [1.29, 1.82) is 0 Å². The summed E-state index contributed by atoms with van der Waals surface area (Å²) < 4.78 is 0. The number of aryl methyl sites for hydroxylation is 2. The van der Waals surface area contributed by atoms with Gasteiger partial charge in [0.15, 0.2) is 0 Å². The van der Waals surface area contributed by atoms with Crippen LogP contribution in [-0.2, 0) is 0 Å². The Balaban J connectivity index is 2.13. The number of carbonyl (C=O) groups is 1. The van der Waals surface area contributed by atoms with Crippen LogP contribution in [0.4, 0.5) is 0 Å². The first-order valence-electron chi connectivity index (χ1n) is 6.49. The number of rotatable bonds is 5. The third-order valence-corrected chi connectivity index (χ3v) is 4.49. The zero-order valence-electron chi connectivity index (χ0n) is 11.0. The van der Waals surface area contributed by atoms with E-state index in [-0.39, 0.29) is 12.5 Å². The van der Waals surface area contributed by atoms with Gasteiger partial charge in [-0.3, -0.25) is 4.79 Å². The summed E-state index contributed by atoms with van der Waals surface area (Å²) in [6, 6.07) is 0.367. The molecule has 5 heteroatoms. The number of aromatic nitrogens is 1. The Hall–Kier alpha value is -0.940. The molecule has 0 unspecified atom stereocenters. The number of nitrogens with zero attached hydrogens (tertiary/aromatic N) is 2. The van der Waals surface area contributed by atoms with E-state index >= 15 is 0 Å². The summed E-state index contributed by atoms with van der Waals surface area (Å²) in [7, 11) is 0. The Morgan fingerprint density at radius 1 is 1.50 bits per heavy atom. The highest BCUT2D eigenvalue weighted by molar-refractivity contribution is 7.13. The van der Waals surface area contributed by atoms with Crippen molar-refractivity contribution < 1.29 is 9.90 Å². The molecule has 0 bridgehead atoms. The molecule has 0 aliphatic heterocycles. The van der Waals surface area contributed by atoms with Gasteiger partial charge >= 0.3 is 0 Å². The molecule has 1 aliphatic carbocycles. The zero-order chi connectivity index (χ0) is 13.1. The number of hydrogen-bond donors (Lipinski definition) is 1. The number of amides is 1. The minimum absolute atomic E-state index is 0.0938. The fourth-order valence-corrected chi connectivity index (χ4v) is 3.13. The number of thiazole rings is 1. The SMILES string of the molecule is Cc1nc(C)c(C(=O)N(CCCO)C2CCC2)s1. The molecule has 2 rings (SSSR count). The first-order valence-corrected chi connectivity index (χ1v) is 7.31. The maximum Gasteiger partial charge on any atom is 0.266 e. The second kappa shape index (κ2) is 5.80. The minimum Gasteiger partial charge on any atom is -0.396 e. The molecule has 1 aliphatic rings. The van der Waals surface area contributed by atoms with E-state index in [1.54, 1.807) is 0 Å². The quantitative estimate of drug-likeness (QED) is 0.890. The molecule has 18 heavy (non-hydrogen) atoms. The van der Waals surface area contributed by atoms with Crippen molar-refractivity contribution in [3.05, 3.63) is 15.6 Å². The molecule has 0 aromatic carbocycles. The van der Waals surface area contributed by atoms with Crippen molar-refractivity contribution >= 4 is 17.2 Å². The molecule has 0 radical (unpaired) electrons. The second-order valence-corrected chi connectivity index (χ2v) is 6.01. The van der Waals surface area contributed by atoms with Crippen LogP contribution in [0.3, 0.4) is 0 Å². The normalized spacial score (nSPS) is 15.5. The molecule has 1 aromatic heterocycles. The van der Waals surface area contributed by atoms with Crippen LogP contribution in [0.5, 0.6) is 0 Å². The van der Waals surface area contributed by atoms with Gasteiger partial charge in [-0.15, -0.1) is 11.3 Å². The Morgan fingerprint density at radius 2 is 2.22 bits per heavy atom. The van der Waals surface area contributed by atoms with E-state index < -0.39 is 0 Å². The van der Waals surface area contributed by atoms with E-state index in [1.807, 2.05) is 18.7 Å². The lowest BCUT2D eigenvalue weighted by molar-refractivity contribution is 0.0566. The molecule has 1 amide bonds. The molecule has 1 N–H and O–H groups in total. The van der Waals surface area contributed by atoms with Crippen molar-refractivity contribution in [2.24, 2.45) is 0 Å². The Kier molecular flexibility index (Phi) is 4.35. The van der Waals surface area contributed by atoms with E-state index in [0.29, 0.717) is 19.0 Å². The molecular formula is C13H20N2O2S. The fourth-order valence-electron chi connectivity index (χ4n) is 2.25. The van der Waals surface area contributed by atoms with Gasteiger partial charge in [-0.05, 0) is 39.5 Å². The van der Waals surface area contributed by atoms with Crippen molar-refractivity contribution in [1.82, 2.24) is 9.88 Å². The minimum atomic E-state index is 0.0938. The summed E-state index contributed by atoms with van der Waals surface area (Å²) in [4.78, 5) is 19.5. The number of carbonyl (C=O) groups excluding carboxylic acids is 1. The standard InChI is InChI=1S/C13H20N2O2S/c1-9-12(18-10(2)14-9)13(17)15(7-4-8-16)11-5-3-6-11/h11,16H,3-8H2,1-2H3. The summed E-state index contributed by atoms with van der Waals surface area (Å²) in [6.07, 6.45) is 4.04. The highest BCUT2D eigenvalue weighted by Crippen LogP contribution is 2.28. The number of hydrogen-bond acceptors (Lipinski definition) is 4. The van der Waals surface area contributed by atoms with Crippen molar-refractivity contribution in [2.45, 2.75) is 45.6 Å². The summed E-state index contributed by atoms with van der Waals surface area (Å²) in [6.45, 7) is 4.60. The second-order valence-electron chi connectivity index (χ2n) is 4.81. The van der Waals surface area contributed by atoms with Gasteiger partial charge in [0.2, 0.25) is 0 Å². The third kappa shape index (κ3) is 2.72. The highest BCUT2D eigenvalue weighted by Gasteiger charge is 2.30. The lowest BCUT2D eigenvalue weighted by Gasteiger charge is -2.37. The van der Waals surface area contributed by atoms with E-state index in [9.17, 15) is 4.79 Å². The fraction of sp³-hybridized carbons (Fsp3) is 0.692. The molecule has 4 nitrogen and oxygen atoms in total. The number of aliphatic hydroxyl groups excluding tert-OH is 1. The molecule has 1 fully saturated rings. The van der Waals surface area contributed by atoms with Gasteiger partial charge in [0.1, 0.15) is 4.88 Å². The molecule has 0 spiro atoms. The van der Waals surface area contributed by atoms with Crippen LogP contribution >= 0.6 is 11.3 Å². The monoisotopic (exact) mass is 268 g/mol. The van der Waals surface area contributed by atoms with Gasteiger partial charge in [-0.25, -0.2) is 4.98 Å². The van der Waals surface area contributed by atoms with Gasteiger partial charge < -0.3 is 10.0 Å². The van der Waals surface area contributed by atoms with Crippen LogP contribution < -0.4 is 0 Å². The summed E-state index contributed by atoms with van der Waals surface area (Å²) in [5.41, 5.74) is 0.829. The topological polar surface area (TPSA) is 53.4 Å². The molecule has 0 saturated heterocycles.